The van der Waals surface area contributed by atoms with Crippen molar-refractivity contribution in [3.05, 3.63) is 12.2 Å². The van der Waals surface area contributed by atoms with Crippen molar-refractivity contribution in [2.24, 2.45) is 0 Å². The molecule has 0 spiro atoms. The number of rotatable bonds is 9. The maximum atomic E-state index is 6.18. The molecule has 0 radical (unpaired) electrons. The minimum Gasteiger partial charge on any atom is -0.414 e. The Bertz CT molecular complexity index is 187. The molecule has 16 heavy (non-hydrogen) atoms. The lowest BCUT2D eigenvalue weighted by molar-refractivity contribution is 0.182. The Hall–Kier alpha value is 0.207. The first-order valence-corrected chi connectivity index (χ1v) is 10.3. The molecule has 0 aliphatic rings. The molecule has 0 saturated heterocycles. The molecule has 1 atom stereocenters. The molecule has 0 amide bonds. The fraction of sp³-hybridized carbons (Fsp3) is 0.846. The molecule has 96 valence electrons. The molecule has 3 heteroatoms. The van der Waals surface area contributed by atoms with E-state index in [2.05, 4.69) is 32.6 Å². The maximum absolute atomic E-state index is 6.18. The Kier molecular flexibility index (Phi) is 9.38. The van der Waals surface area contributed by atoms with Crippen molar-refractivity contribution >= 4 is 19.9 Å². The first-order valence-electron chi connectivity index (χ1n) is 6.38. The van der Waals surface area contributed by atoms with Crippen LogP contribution in [0.2, 0.25) is 19.6 Å². The highest BCUT2D eigenvalue weighted by Gasteiger charge is 2.19. The normalized spacial score (nSPS) is 14.6. The van der Waals surface area contributed by atoms with Gasteiger partial charge in [-0.3, -0.25) is 0 Å². The minimum atomic E-state index is -1.41. The van der Waals surface area contributed by atoms with E-state index >= 15 is 0 Å². The average Bonchev–Trinajstić information content (AvgIpc) is 2.16. The van der Waals surface area contributed by atoms with Crippen molar-refractivity contribution in [3.8, 4) is 0 Å². The third-order valence-corrected chi connectivity index (χ3v) is 3.52. The Morgan fingerprint density at radius 1 is 1.19 bits per heavy atom. The Morgan fingerprint density at radius 3 is 2.38 bits per heavy atom. The van der Waals surface area contributed by atoms with E-state index in [1.165, 1.54) is 25.7 Å². The number of alkyl halides is 1. The second-order valence-corrected chi connectivity index (χ2v) is 9.98. The molecule has 0 bridgehead atoms. The summed E-state index contributed by atoms with van der Waals surface area (Å²) in [4.78, 5) is 0. The molecule has 0 fully saturated rings. The molecule has 1 nitrogen and oxygen atoms in total. The smallest absolute Gasteiger partial charge is 0.184 e. The molecule has 0 heterocycles. The van der Waals surface area contributed by atoms with Crippen LogP contribution in [0.5, 0.6) is 0 Å². The predicted molar refractivity (Wildman–Crippen MR) is 76.8 cm³/mol. The van der Waals surface area contributed by atoms with Gasteiger partial charge in [0, 0.05) is 12.0 Å². The zero-order valence-electron chi connectivity index (χ0n) is 11.3. The van der Waals surface area contributed by atoms with Crippen LogP contribution in [0, 0.1) is 0 Å². The molecule has 0 saturated carbocycles. The van der Waals surface area contributed by atoms with Gasteiger partial charge >= 0.3 is 0 Å². The molecule has 0 aliphatic heterocycles. The maximum Gasteiger partial charge on any atom is 0.184 e. The monoisotopic (exact) mass is 262 g/mol. The lowest BCUT2D eigenvalue weighted by atomic mass is 10.1. The number of unbranched alkanes of at least 4 members (excludes halogenated alkanes) is 2. The van der Waals surface area contributed by atoms with Crippen LogP contribution in [0.15, 0.2) is 12.2 Å². The van der Waals surface area contributed by atoms with Gasteiger partial charge in [-0.05, 0) is 32.5 Å². The molecule has 0 N–H and O–H groups in total. The minimum absolute atomic E-state index is 0.401. The summed E-state index contributed by atoms with van der Waals surface area (Å²) in [6.07, 6.45) is 10.6. The van der Waals surface area contributed by atoms with Crippen LogP contribution in [0.4, 0.5) is 0 Å². The molecule has 0 aromatic carbocycles. The van der Waals surface area contributed by atoms with Gasteiger partial charge in [0.15, 0.2) is 8.32 Å². The summed E-state index contributed by atoms with van der Waals surface area (Å²) in [5, 5.41) is 0. The SMILES string of the molecule is CCCCCC(CC=CCCl)O[Si](C)(C)C. The highest BCUT2D eigenvalue weighted by atomic mass is 35.5. The van der Waals surface area contributed by atoms with E-state index < -0.39 is 8.32 Å². The van der Waals surface area contributed by atoms with Crippen LogP contribution in [-0.4, -0.2) is 20.3 Å². The Balaban J connectivity index is 4.00. The third-order valence-electron chi connectivity index (χ3n) is 2.30. The van der Waals surface area contributed by atoms with E-state index in [1.54, 1.807) is 0 Å². The summed E-state index contributed by atoms with van der Waals surface area (Å²) in [6, 6.07) is 0. The van der Waals surface area contributed by atoms with E-state index in [0.717, 1.165) is 6.42 Å². The van der Waals surface area contributed by atoms with Crippen molar-refractivity contribution in [2.45, 2.75) is 64.8 Å². The van der Waals surface area contributed by atoms with Gasteiger partial charge in [-0.2, -0.15) is 0 Å². The van der Waals surface area contributed by atoms with Crippen LogP contribution in [0.3, 0.4) is 0 Å². The first kappa shape index (κ1) is 16.2. The topological polar surface area (TPSA) is 9.23 Å². The molecular weight excluding hydrogens is 236 g/mol. The molecule has 1 unspecified atom stereocenters. The molecule has 0 aliphatic carbocycles. The predicted octanol–water partition coefficient (Wildman–Crippen LogP) is 4.97. The van der Waals surface area contributed by atoms with E-state index in [0.29, 0.717) is 12.0 Å². The number of hydrogen-bond acceptors (Lipinski definition) is 1. The summed E-state index contributed by atoms with van der Waals surface area (Å²) < 4.78 is 6.18. The number of halogens is 1. The van der Waals surface area contributed by atoms with Gasteiger partial charge in [-0.25, -0.2) is 0 Å². The van der Waals surface area contributed by atoms with Crippen molar-refractivity contribution in [1.82, 2.24) is 0 Å². The van der Waals surface area contributed by atoms with E-state index in [9.17, 15) is 0 Å². The zero-order chi connectivity index (χ0) is 12.4. The van der Waals surface area contributed by atoms with Crippen LogP contribution in [-0.2, 0) is 4.43 Å². The fourth-order valence-electron chi connectivity index (χ4n) is 1.66. The number of hydrogen-bond donors (Lipinski definition) is 0. The highest BCUT2D eigenvalue weighted by molar-refractivity contribution is 6.69. The molecule has 0 rings (SSSR count). The fourth-order valence-corrected chi connectivity index (χ4v) is 3.00. The second-order valence-electron chi connectivity index (χ2n) is 5.21. The molecule has 0 aromatic rings. The van der Waals surface area contributed by atoms with Crippen LogP contribution in [0.1, 0.15) is 39.0 Å². The van der Waals surface area contributed by atoms with Crippen molar-refractivity contribution in [1.29, 1.82) is 0 Å². The largest absolute Gasteiger partial charge is 0.414 e. The van der Waals surface area contributed by atoms with Crippen molar-refractivity contribution < 1.29 is 4.43 Å². The van der Waals surface area contributed by atoms with Gasteiger partial charge in [0.1, 0.15) is 0 Å². The summed E-state index contributed by atoms with van der Waals surface area (Å²) >= 11 is 5.63. The van der Waals surface area contributed by atoms with Crippen LogP contribution in [0.25, 0.3) is 0 Å². The standard InChI is InChI=1S/C13H27ClOSi/c1-5-6-7-10-13(11-8-9-12-14)15-16(2,3)4/h8-9,13H,5-7,10-12H2,1-4H3. The second kappa shape index (κ2) is 9.26. The van der Waals surface area contributed by atoms with E-state index in [1.807, 2.05) is 6.08 Å². The third kappa shape index (κ3) is 10.7. The van der Waals surface area contributed by atoms with Crippen molar-refractivity contribution in [2.75, 3.05) is 5.88 Å². The zero-order valence-corrected chi connectivity index (χ0v) is 13.0. The van der Waals surface area contributed by atoms with Gasteiger partial charge in [0.2, 0.25) is 0 Å². The van der Waals surface area contributed by atoms with Gasteiger partial charge in [-0.1, -0.05) is 38.3 Å². The lowest BCUT2D eigenvalue weighted by Crippen LogP contribution is -2.31. The van der Waals surface area contributed by atoms with Gasteiger partial charge in [0.05, 0.1) is 0 Å². The Morgan fingerprint density at radius 2 is 1.88 bits per heavy atom. The summed E-state index contributed by atoms with van der Waals surface area (Å²) in [7, 11) is -1.41. The summed E-state index contributed by atoms with van der Waals surface area (Å²) in [5.41, 5.74) is 0. The summed E-state index contributed by atoms with van der Waals surface area (Å²) in [6.45, 7) is 9.00. The van der Waals surface area contributed by atoms with Crippen LogP contribution < -0.4 is 0 Å². The molecular formula is C13H27ClOSi. The van der Waals surface area contributed by atoms with E-state index in [4.69, 9.17) is 16.0 Å². The van der Waals surface area contributed by atoms with Gasteiger partial charge in [-0.15, -0.1) is 11.6 Å². The highest BCUT2D eigenvalue weighted by Crippen LogP contribution is 2.16. The molecule has 0 aromatic heterocycles. The summed E-state index contributed by atoms with van der Waals surface area (Å²) in [5.74, 6) is 0.606. The van der Waals surface area contributed by atoms with Gasteiger partial charge < -0.3 is 4.43 Å². The first-order chi connectivity index (χ1) is 7.49. The average molecular weight is 263 g/mol. The van der Waals surface area contributed by atoms with Gasteiger partial charge in [0.25, 0.3) is 0 Å². The quantitative estimate of drug-likeness (QED) is 0.247. The Labute approximate surface area is 107 Å². The van der Waals surface area contributed by atoms with E-state index in [-0.39, 0.29) is 0 Å². The number of allylic oxidation sites excluding steroid dienone is 1. The van der Waals surface area contributed by atoms with Crippen LogP contribution >= 0.6 is 11.6 Å². The van der Waals surface area contributed by atoms with Crippen molar-refractivity contribution in [3.63, 3.8) is 0 Å². The lowest BCUT2D eigenvalue weighted by Gasteiger charge is -2.25.